The minimum Gasteiger partial charge on any atom is -0.465 e. The van der Waals surface area contributed by atoms with Crippen molar-refractivity contribution in [2.75, 3.05) is 23.0 Å². The summed E-state index contributed by atoms with van der Waals surface area (Å²) in [7, 11) is -2.51. The van der Waals surface area contributed by atoms with Crippen molar-refractivity contribution in [2.24, 2.45) is 0 Å². The third-order valence-corrected chi connectivity index (χ3v) is 5.77. The number of anilines is 2. The molecule has 1 amide bonds. The highest BCUT2D eigenvalue weighted by molar-refractivity contribution is 7.92. The van der Waals surface area contributed by atoms with Gasteiger partial charge in [-0.15, -0.1) is 0 Å². The summed E-state index contributed by atoms with van der Waals surface area (Å²) < 4.78 is 30.7. The number of aryl methyl sites for hydroxylation is 1. The van der Waals surface area contributed by atoms with E-state index >= 15 is 0 Å². The predicted molar refractivity (Wildman–Crippen MR) is 114 cm³/mol. The molecule has 0 fully saturated rings. The van der Waals surface area contributed by atoms with Gasteiger partial charge in [-0.1, -0.05) is 36.2 Å². The molecular weight excluding hydrogens is 416 g/mol. The monoisotopic (exact) mass is 438 g/mol. The lowest BCUT2D eigenvalue weighted by Crippen LogP contribution is -2.47. The van der Waals surface area contributed by atoms with Gasteiger partial charge in [-0.3, -0.25) is 9.10 Å². The molecule has 2 aromatic carbocycles. The van der Waals surface area contributed by atoms with E-state index in [0.717, 1.165) is 16.1 Å². The van der Waals surface area contributed by atoms with Crippen molar-refractivity contribution < 1.29 is 22.7 Å². The number of esters is 1. The quantitative estimate of drug-likeness (QED) is 0.666. The van der Waals surface area contributed by atoms with Crippen LogP contribution in [0, 0.1) is 6.92 Å². The van der Waals surface area contributed by atoms with Crippen LogP contribution in [0.4, 0.5) is 11.4 Å². The zero-order valence-electron chi connectivity index (χ0n) is 16.6. The number of carbonyl (C=O) groups excluding carboxylic acids is 2. The maximum Gasteiger partial charge on any atom is 0.337 e. The molecule has 0 spiro atoms. The maximum absolute atomic E-state index is 13.0. The molecule has 9 heteroatoms. The second kappa shape index (κ2) is 9.28. The van der Waals surface area contributed by atoms with E-state index in [4.69, 9.17) is 11.6 Å². The minimum atomic E-state index is -3.75. The van der Waals surface area contributed by atoms with Crippen molar-refractivity contribution in [1.82, 2.24) is 0 Å². The molecule has 1 atom stereocenters. The molecule has 0 aliphatic heterocycles. The number of amides is 1. The number of benzene rings is 2. The van der Waals surface area contributed by atoms with Gasteiger partial charge in [0, 0.05) is 0 Å². The lowest BCUT2D eigenvalue weighted by molar-refractivity contribution is -0.117. The average Bonchev–Trinajstić information content (AvgIpc) is 2.67. The van der Waals surface area contributed by atoms with E-state index in [-0.39, 0.29) is 22.7 Å². The molecule has 2 aromatic rings. The third kappa shape index (κ3) is 5.48. The molecule has 156 valence electrons. The molecule has 1 unspecified atom stereocenters. The number of carbonyl (C=O) groups is 2. The molecule has 0 aromatic heterocycles. The van der Waals surface area contributed by atoms with Gasteiger partial charge in [0.2, 0.25) is 15.9 Å². The Hall–Kier alpha value is -2.58. The van der Waals surface area contributed by atoms with Crippen LogP contribution in [0.1, 0.15) is 29.3 Å². The van der Waals surface area contributed by atoms with E-state index in [1.165, 1.54) is 25.3 Å². The van der Waals surface area contributed by atoms with E-state index < -0.39 is 27.9 Å². The number of hydrogen-bond acceptors (Lipinski definition) is 5. The van der Waals surface area contributed by atoms with Crippen molar-refractivity contribution in [2.45, 2.75) is 26.3 Å². The number of ether oxygens (including phenoxy) is 1. The van der Waals surface area contributed by atoms with Crippen LogP contribution in [-0.4, -0.2) is 39.7 Å². The van der Waals surface area contributed by atoms with Crippen molar-refractivity contribution in [3.63, 3.8) is 0 Å². The Balaban J connectivity index is 2.40. The van der Waals surface area contributed by atoms with Crippen LogP contribution >= 0.6 is 11.6 Å². The molecule has 0 saturated carbocycles. The van der Waals surface area contributed by atoms with E-state index in [1.807, 2.05) is 6.92 Å². The van der Waals surface area contributed by atoms with E-state index in [9.17, 15) is 18.0 Å². The molecule has 0 aliphatic carbocycles. The summed E-state index contributed by atoms with van der Waals surface area (Å²) >= 11 is 6.14. The number of methoxy groups -OCH3 is 1. The molecule has 7 nitrogen and oxygen atoms in total. The van der Waals surface area contributed by atoms with Crippen LogP contribution in [0.2, 0.25) is 5.02 Å². The molecule has 0 saturated heterocycles. The second-order valence-electron chi connectivity index (χ2n) is 6.49. The number of nitrogens with one attached hydrogen (secondary N) is 1. The summed E-state index contributed by atoms with van der Waals surface area (Å²) in [6.45, 7) is 3.60. The van der Waals surface area contributed by atoms with Gasteiger partial charge < -0.3 is 10.1 Å². The normalized spacial score (nSPS) is 12.2. The Labute approximate surface area is 175 Å². The van der Waals surface area contributed by atoms with Crippen LogP contribution in [0.5, 0.6) is 0 Å². The van der Waals surface area contributed by atoms with Gasteiger partial charge in [-0.05, 0) is 43.7 Å². The lowest BCUT2D eigenvalue weighted by Gasteiger charge is -2.30. The van der Waals surface area contributed by atoms with Gasteiger partial charge in [0.05, 0.1) is 35.3 Å². The summed E-state index contributed by atoms with van der Waals surface area (Å²) in [5, 5.41) is 2.84. The summed E-state index contributed by atoms with van der Waals surface area (Å²) in [4.78, 5) is 24.7. The summed E-state index contributed by atoms with van der Waals surface area (Å²) in [6.07, 6.45) is 1.27. The number of nitrogens with zero attached hydrogens (tertiary/aromatic N) is 1. The highest BCUT2D eigenvalue weighted by Gasteiger charge is 2.31. The Kier molecular flexibility index (Phi) is 7.26. The van der Waals surface area contributed by atoms with Crippen LogP contribution in [0.15, 0.2) is 42.5 Å². The van der Waals surface area contributed by atoms with Gasteiger partial charge in [0.1, 0.15) is 6.04 Å². The zero-order valence-corrected chi connectivity index (χ0v) is 18.2. The molecule has 2 rings (SSSR count). The SMILES string of the molecule is CCC(C(=O)Nc1cc(C(=O)OC)ccc1Cl)N(c1ccc(C)cc1)S(C)(=O)=O. The van der Waals surface area contributed by atoms with E-state index in [2.05, 4.69) is 10.1 Å². The summed E-state index contributed by atoms with van der Waals surface area (Å²) in [5.41, 5.74) is 1.75. The van der Waals surface area contributed by atoms with Crippen molar-refractivity contribution in [1.29, 1.82) is 0 Å². The number of hydrogen-bond donors (Lipinski definition) is 1. The minimum absolute atomic E-state index is 0.190. The molecule has 0 aliphatic rings. The van der Waals surface area contributed by atoms with Gasteiger partial charge in [-0.25, -0.2) is 13.2 Å². The molecule has 1 N–H and O–H groups in total. The molecule has 29 heavy (non-hydrogen) atoms. The van der Waals surface area contributed by atoms with Crippen LogP contribution in [0.3, 0.4) is 0 Å². The van der Waals surface area contributed by atoms with Crippen molar-refractivity contribution >= 4 is 44.9 Å². The fourth-order valence-corrected chi connectivity index (χ4v) is 4.21. The standard InChI is InChI=1S/C20H23ClN2O5S/c1-5-18(23(29(4,26)27)15-9-6-13(2)7-10-15)19(24)22-17-12-14(20(25)28-3)8-11-16(17)21/h6-12,18H,5H2,1-4H3,(H,22,24). The zero-order chi connectivity index (χ0) is 21.8. The van der Waals surface area contributed by atoms with Crippen molar-refractivity contribution in [3.8, 4) is 0 Å². The molecule has 0 heterocycles. The van der Waals surface area contributed by atoms with Crippen molar-refractivity contribution in [3.05, 3.63) is 58.6 Å². The maximum atomic E-state index is 13.0. The second-order valence-corrected chi connectivity index (χ2v) is 8.76. The number of halogens is 1. The van der Waals surface area contributed by atoms with Gasteiger partial charge in [0.25, 0.3) is 0 Å². The number of rotatable bonds is 7. The fourth-order valence-electron chi connectivity index (χ4n) is 2.83. The molecule has 0 bridgehead atoms. The predicted octanol–water partition coefficient (Wildman–Crippen LogP) is 3.62. The first-order valence-corrected chi connectivity index (χ1v) is 11.1. The summed E-state index contributed by atoms with van der Waals surface area (Å²) in [5.74, 6) is -1.15. The Morgan fingerprint density at radius 2 is 1.79 bits per heavy atom. The Morgan fingerprint density at radius 3 is 2.31 bits per heavy atom. The van der Waals surface area contributed by atoms with Crippen LogP contribution in [-0.2, 0) is 19.6 Å². The van der Waals surface area contributed by atoms with Gasteiger partial charge in [0.15, 0.2) is 0 Å². The van der Waals surface area contributed by atoms with Crippen LogP contribution < -0.4 is 9.62 Å². The van der Waals surface area contributed by atoms with E-state index in [0.29, 0.717) is 5.69 Å². The largest absolute Gasteiger partial charge is 0.465 e. The smallest absolute Gasteiger partial charge is 0.337 e. The Bertz CT molecular complexity index is 1010. The first-order chi connectivity index (χ1) is 13.6. The molecule has 0 radical (unpaired) electrons. The topological polar surface area (TPSA) is 92.8 Å². The van der Waals surface area contributed by atoms with Crippen LogP contribution in [0.25, 0.3) is 0 Å². The lowest BCUT2D eigenvalue weighted by atomic mass is 10.1. The van der Waals surface area contributed by atoms with Gasteiger partial charge in [-0.2, -0.15) is 0 Å². The van der Waals surface area contributed by atoms with E-state index in [1.54, 1.807) is 31.2 Å². The fraction of sp³-hybridized carbons (Fsp3) is 0.300. The van der Waals surface area contributed by atoms with Gasteiger partial charge >= 0.3 is 5.97 Å². The first-order valence-electron chi connectivity index (χ1n) is 8.83. The Morgan fingerprint density at radius 1 is 1.17 bits per heavy atom. The third-order valence-electron chi connectivity index (χ3n) is 4.26. The highest BCUT2D eigenvalue weighted by Crippen LogP contribution is 2.27. The molecular formula is C20H23ClN2O5S. The average molecular weight is 439 g/mol. The highest BCUT2D eigenvalue weighted by atomic mass is 35.5. The summed E-state index contributed by atoms with van der Waals surface area (Å²) in [6, 6.07) is 10.1. The first kappa shape index (κ1) is 22.7. The number of sulfonamides is 1.